The minimum Gasteiger partial charge on any atom is -0.480 e. The number of nitrogens with zero attached hydrogens (tertiary/aromatic N) is 3. The van der Waals surface area contributed by atoms with Gasteiger partial charge in [-0.15, -0.1) is 0 Å². The summed E-state index contributed by atoms with van der Waals surface area (Å²) in [6, 6.07) is 7.00. The topological polar surface area (TPSA) is 128 Å². The molecule has 2 aromatic rings. The lowest BCUT2D eigenvalue weighted by atomic mass is 10.0. The van der Waals surface area contributed by atoms with E-state index in [4.69, 9.17) is 15.0 Å². The fraction of sp³-hybridized carbons (Fsp3) is 0.548. The van der Waals surface area contributed by atoms with Crippen LogP contribution in [0.5, 0.6) is 0 Å². The Morgan fingerprint density at radius 2 is 2.00 bits per heavy atom. The summed E-state index contributed by atoms with van der Waals surface area (Å²) in [4.78, 5) is 31.6. The molecule has 4 rings (SSSR count). The third kappa shape index (κ3) is 9.93. The molecular formula is C31H38F3N5O4. The average Bonchev–Trinajstić information content (AvgIpc) is 3.82. The molecule has 1 aromatic heterocycles. The molecule has 1 fully saturated rings. The molecule has 1 atom stereocenters. The molecule has 12 heteroatoms. The van der Waals surface area contributed by atoms with Gasteiger partial charge >= 0.3 is 12.1 Å². The van der Waals surface area contributed by atoms with Crippen LogP contribution in [0.2, 0.25) is 0 Å². The predicted molar refractivity (Wildman–Crippen MR) is 154 cm³/mol. The first-order valence-corrected chi connectivity index (χ1v) is 14.8. The van der Waals surface area contributed by atoms with Gasteiger partial charge < -0.3 is 25.4 Å². The highest BCUT2D eigenvalue weighted by molar-refractivity contribution is 5.98. The minimum absolute atomic E-state index is 0.000619. The maximum Gasteiger partial charge on any atom is 0.417 e. The lowest BCUT2D eigenvalue weighted by molar-refractivity contribution is -0.139. The molecule has 43 heavy (non-hydrogen) atoms. The monoisotopic (exact) mass is 601 g/mol. The van der Waals surface area contributed by atoms with Gasteiger partial charge in [-0.1, -0.05) is 6.07 Å². The molecule has 3 N–H and O–H groups in total. The van der Waals surface area contributed by atoms with Crippen molar-refractivity contribution in [3.63, 3.8) is 0 Å². The number of nitrogens with one attached hydrogen (secondary N) is 2. The molecule has 1 aliphatic carbocycles. The molecule has 1 amide bonds. The standard InChI is InChI=1S/C31H38F3N5O4/c32-31(33,34)26-18-22(19-35)8-11-25(26)29(40)38-27(30(41)42)12-15-39(16-17-43-20-21-6-7-21)14-2-1-5-24-10-9-23-4-3-13-36-28(23)37-24/h8-11,18,21,27H,1-7,12-17,20H2,(H,36,37)(H,38,40)(H,41,42). The summed E-state index contributed by atoms with van der Waals surface area (Å²) in [6.07, 6.45) is 2.10. The van der Waals surface area contributed by atoms with Crippen LogP contribution in [0.4, 0.5) is 19.0 Å². The summed E-state index contributed by atoms with van der Waals surface area (Å²) in [5.41, 5.74) is -0.0124. The number of rotatable bonds is 16. The Morgan fingerprint density at radius 3 is 2.72 bits per heavy atom. The summed E-state index contributed by atoms with van der Waals surface area (Å²) in [7, 11) is 0. The number of anilines is 1. The number of fused-ring (bicyclic) bond motifs is 1. The lowest BCUT2D eigenvalue weighted by Crippen LogP contribution is -2.44. The van der Waals surface area contributed by atoms with Crippen LogP contribution in [0.1, 0.15) is 71.3 Å². The Kier molecular flexibility index (Phi) is 11.4. The number of aromatic nitrogens is 1. The number of hydrogen-bond acceptors (Lipinski definition) is 7. The highest BCUT2D eigenvalue weighted by Crippen LogP contribution is 2.33. The molecule has 1 aromatic carbocycles. The van der Waals surface area contributed by atoms with Crippen molar-refractivity contribution >= 4 is 17.7 Å². The van der Waals surface area contributed by atoms with Gasteiger partial charge in [-0.3, -0.25) is 4.79 Å². The van der Waals surface area contributed by atoms with E-state index in [0.29, 0.717) is 44.8 Å². The summed E-state index contributed by atoms with van der Waals surface area (Å²) in [5.74, 6) is -0.922. The van der Waals surface area contributed by atoms with Crippen LogP contribution < -0.4 is 10.6 Å². The Labute approximate surface area is 249 Å². The molecule has 9 nitrogen and oxygen atoms in total. The van der Waals surface area contributed by atoms with Crippen LogP contribution >= 0.6 is 0 Å². The maximum atomic E-state index is 13.6. The minimum atomic E-state index is -4.89. The van der Waals surface area contributed by atoms with Gasteiger partial charge in [0, 0.05) is 31.9 Å². The molecule has 0 radical (unpaired) electrons. The largest absolute Gasteiger partial charge is 0.480 e. The van der Waals surface area contributed by atoms with Gasteiger partial charge in [-0.2, -0.15) is 18.4 Å². The van der Waals surface area contributed by atoms with Gasteiger partial charge in [-0.05, 0) is 93.7 Å². The zero-order valence-electron chi connectivity index (χ0n) is 24.1. The van der Waals surface area contributed by atoms with Crippen molar-refractivity contribution in [1.82, 2.24) is 15.2 Å². The van der Waals surface area contributed by atoms with Crippen molar-refractivity contribution in [3.05, 3.63) is 58.3 Å². The third-order valence-electron chi connectivity index (χ3n) is 7.75. The fourth-order valence-electron chi connectivity index (χ4n) is 5.06. The number of pyridine rings is 1. The number of hydrogen-bond donors (Lipinski definition) is 3. The molecule has 2 aliphatic rings. The first-order chi connectivity index (χ1) is 20.6. The number of nitriles is 1. The number of aryl methyl sites for hydroxylation is 2. The number of alkyl halides is 3. The molecular weight excluding hydrogens is 563 g/mol. The van der Waals surface area contributed by atoms with Crippen molar-refractivity contribution in [2.75, 3.05) is 44.7 Å². The van der Waals surface area contributed by atoms with Crippen molar-refractivity contribution < 1.29 is 32.6 Å². The number of carboxylic acids is 1. The van der Waals surface area contributed by atoms with Gasteiger partial charge in [0.1, 0.15) is 11.9 Å². The quantitative estimate of drug-likeness (QED) is 0.237. The smallest absolute Gasteiger partial charge is 0.417 e. The second kappa shape index (κ2) is 15.2. The second-order valence-corrected chi connectivity index (χ2v) is 11.2. The summed E-state index contributed by atoms with van der Waals surface area (Å²) in [5, 5.41) is 24.3. The molecule has 1 saturated carbocycles. The molecule has 0 spiro atoms. The molecule has 0 saturated heterocycles. The van der Waals surface area contributed by atoms with E-state index in [-0.39, 0.29) is 12.0 Å². The average molecular weight is 602 g/mol. The SMILES string of the molecule is N#Cc1ccc(C(=O)NC(CCN(CCCCc2ccc3c(n2)NCCC3)CCOCC2CC2)C(=O)O)c(C(F)(F)F)c1. The number of unbranched alkanes of at least 4 members (excludes halogenated alkanes) is 1. The van der Waals surface area contributed by atoms with Crippen molar-refractivity contribution in [1.29, 1.82) is 5.26 Å². The van der Waals surface area contributed by atoms with E-state index in [1.165, 1.54) is 18.4 Å². The number of carbonyl (C=O) groups is 2. The number of carbonyl (C=O) groups excluding carboxylic acids is 1. The first kappa shape index (κ1) is 32.2. The van der Waals surface area contributed by atoms with Crippen LogP contribution in [0.3, 0.4) is 0 Å². The molecule has 1 aliphatic heterocycles. The Bertz CT molecular complexity index is 1310. The van der Waals surface area contributed by atoms with E-state index in [9.17, 15) is 27.9 Å². The highest BCUT2D eigenvalue weighted by atomic mass is 19.4. The van der Waals surface area contributed by atoms with Gasteiger partial charge in [0.2, 0.25) is 0 Å². The van der Waals surface area contributed by atoms with Crippen LogP contribution in [0, 0.1) is 17.2 Å². The van der Waals surface area contributed by atoms with Crippen LogP contribution in [0.15, 0.2) is 30.3 Å². The lowest BCUT2D eigenvalue weighted by Gasteiger charge is -2.25. The van der Waals surface area contributed by atoms with E-state index >= 15 is 0 Å². The third-order valence-corrected chi connectivity index (χ3v) is 7.75. The fourth-order valence-corrected chi connectivity index (χ4v) is 5.06. The normalized spacial score (nSPS) is 15.3. The Balaban J connectivity index is 1.32. The highest BCUT2D eigenvalue weighted by Gasteiger charge is 2.36. The number of halogens is 3. The zero-order valence-corrected chi connectivity index (χ0v) is 24.1. The van der Waals surface area contributed by atoms with E-state index in [1.54, 1.807) is 6.07 Å². The van der Waals surface area contributed by atoms with Gasteiger partial charge in [0.15, 0.2) is 0 Å². The second-order valence-electron chi connectivity index (χ2n) is 11.2. The van der Waals surface area contributed by atoms with E-state index in [1.807, 2.05) is 0 Å². The van der Waals surface area contributed by atoms with Gasteiger partial charge in [0.05, 0.1) is 29.4 Å². The number of carboxylic acid groups (broad SMARTS) is 1. The van der Waals surface area contributed by atoms with Crippen molar-refractivity contribution in [2.24, 2.45) is 5.92 Å². The van der Waals surface area contributed by atoms with Crippen molar-refractivity contribution in [3.8, 4) is 6.07 Å². The first-order valence-electron chi connectivity index (χ1n) is 14.8. The molecule has 2 heterocycles. The summed E-state index contributed by atoms with van der Waals surface area (Å²) < 4.78 is 46.5. The van der Waals surface area contributed by atoms with E-state index < -0.39 is 35.2 Å². The number of aliphatic carboxylic acids is 1. The zero-order chi connectivity index (χ0) is 30.8. The Hall–Kier alpha value is -3.69. The molecule has 0 bridgehead atoms. The maximum absolute atomic E-state index is 13.6. The van der Waals surface area contributed by atoms with Crippen molar-refractivity contribution in [2.45, 2.75) is 63.6 Å². The molecule has 1 unspecified atom stereocenters. The van der Waals surface area contributed by atoms with E-state index in [0.717, 1.165) is 62.3 Å². The Morgan fingerprint density at radius 1 is 1.19 bits per heavy atom. The summed E-state index contributed by atoms with van der Waals surface area (Å²) >= 11 is 0. The summed E-state index contributed by atoms with van der Waals surface area (Å²) in [6.45, 7) is 3.66. The van der Waals surface area contributed by atoms with Gasteiger partial charge in [-0.25, -0.2) is 9.78 Å². The predicted octanol–water partition coefficient (Wildman–Crippen LogP) is 4.65. The van der Waals surface area contributed by atoms with Gasteiger partial charge in [0.25, 0.3) is 5.91 Å². The van der Waals surface area contributed by atoms with Crippen LogP contribution in [-0.4, -0.2) is 72.3 Å². The number of ether oxygens (including phenoxy) is 1. The number of benzene rings is 1. The number of amides is 1. The van der Waals surface area contributed by atoms with Crippen LogP contribution in [0.25, 0.3) is 0 Å². The van der Waals surface area contributed by atoms with E-state index in [2.05, 4.69) is 27.7 Å². The van der Waals surface area contributed by atoms with Crippen LogP contribution in [-0.2, 0) is 28.5 Å². The molecule has 232 valence electrons.